The van der Waals surface area contributed by atoms with Gasteiger partial charge in [-0.3, -0.25) is 19.3 Å². The Bertz CT molecular complexity index is 993. The summed E-state index contributed by atoms with van der Waals surface area (Å²) in [7, 11) is 0. The summed E-state index contributed by atoms with van der Waals surface area (Å²) in [5.41, 5.74) is 0.612. The van der Waals surface area contributed by atoms with E-state index in [4.69, 9.17) is 18.9 Å². The maximum absolute atomic E-state index is 12.9. The molecule has 1 aromatic rings. The van der Waals surface area contributed by atoms with E-state index in [0.717, 1.165) is 16.7 Å². The Morgan fingerprint density at radius 1 is 1.15 bits per heavy atom. The molecule has 0 spiro atoms. The summed E-state index contributed by atoms with van der Waals surface area (Å²) in [5, 5.41) is -0.494. The van der Waals surface area contributed by atoms with Crippen LogP contribution in [0.1, 0.15) is 19.4 Å². The fourth-order valence-corrected chi connectivity index (χ4v) is 4.86. The number of carbonyl (C=O) groups excluding carboxylic acids is 4. The monoisotopic (exact) mass is 604 g/mol. The van der Waals surface area contributed by atoms with Crippen molar-refractivity contribution >= 4 is 63.5 Å². The van der Waals surface area contributed by atoms with Crippen molar-refractivity contribution in [3.05, 3.63) is 26.2 Å². The van der Waals surface area contributed by atoms with Crippen molar-refractivity contribution in [3.8, 4) is 11.5 Å². The second-order valence-corrected chi connectivity index (χ2v) is 9.27. The third kappa shape index (κ3) is 6.63. The lowest BCUT2D eigenvalue weighted by Gasteiger charge is -2.28. The number of thioether (sulfide) groups is 1. The Kier molecular flexibility index (Phi) is 9.59. The number of halogens is 1. The molecule has 2 heterocycles. The van der Waals surface area contributed by atoms with Crippen molar-refractivity contribution in [2.24, 2.45) is 0 Å². The molecule has 0 aromatic heterocycles. The maximum atomic E-state index is 12.9. The minimum Gasteiger partial charge on any atom is -0.490 e. The van der Waals surface area contributed by atoms with E-state index in [9.17, 15) is 19.2 Å². The van der Waals surface area contributed by atoms with Crippen molar-refractivity contribution in [2.45, 2.75) is 13.8 Å². The number of morpholine rings is 1. The largest absolute Gasteiger partial charge is 0.490 e. The number of ether oxygens (including phenoxy) is 4. The summed E-state index contributed by atoms with van der Waals surface area (Å²) in [6, 6.07) is 3.41. The first kappa shape index (κ1) is 26.3. The highest BCUT2D eigenvalue weighted by atomic mass is 127. The highest BCUT2D eigenvalue weighted by molar-refractivity contribution is 14.1. The molecule has 0 atom stereocenters. The van der Waals surface area contributed by atoms with Crippen molar-refractivity contribution in [2.75, 3.05) is 52.7 Å². The SMILES string of the molecule is CCOC(=O)COc1c(I)cc(/C=C2/SC(=O)N(CC(=O)N3CCOCC3)C2=O)cc1OCC. The Labute approximate surface area is 215 Å². The molecule has 2 fully saturated rings. The highest BCUT2D eigenvalue weighted by Crippen LogP contribution is 2.37. The van der Waals surface area contributed by atoms with Gasteiger partial charge in [0.05, 0.1) is 34.9 Å². The quantitative estimate of drug-likeness (QED) is 0.239. The standard InChI is InChI=1S/C22H25IN2O8S/c1-3-31-16-10-14(9-15(23)20(16)33-13-19(27)32-4-2)11-17-21(28)25(22(29)34-17)12-18(26)24-5-7-30-8-6-24/h9-11H,3-8,12-13H2,1-2H3/b17-11+. The van der Waals surface area contributed by atoms with Crippen molar-refractivity contribution < 1.29 is 38.1 Å². The topological polar surface area (TPSA) is 112 Å². The summed E-state index contributed by atoms with van der Waals surface area (Å²) in [4.78, 5) is 52.2. The Morgan fingerprint density at radius 3 is 2.56 bits per heavy atom. The van der Waals surface area contributed by atoms with Crippen LogP contribution in [0.4, 0.5) is 4.79 Å². The molecule has 12 heteroatoms. The molecule has 2 aliphatic rings. The molecule has 0 bridgehead atoms. The molecular weight excluding hydrogens is 579 g/mol. The lowest BCUT2D eigenvalue weighted by Crippen LogP contribution is -2.46. The first-order valence-electron chi connectivity index (χ1n) is 10.7. The third-order valence-corrected chi connectivity index (χ3v) is 6.51. The fraction of sp³-hybridized carbons (Fsp3) is 0.455. The second kappa shape index (κ2) is 12.4. The molecule has 1 aromatic carbocycles. The molecule has 0 radical (unpaired) electrons. The minimum atomic E-state index is -0.521. The zero-order chi connectivity index (χ0) is 24.7. The Balaban J connectivity index is 1.76. The number of esters is 1. The van der Waals surface area contributed by atoms with Crippen LogP contribution in [0.15, 0.2) is 17.0 Å². The Morgan fingerprint density at radius 2 is 1.88 bits per heavy atom. The van der Waals surface area contributed by atoms with Crippen LogP contribution in [-0.4, -0.2) is 85.5 Å². The number of imide groups is 1. The zero-order valence-corrected chi connectivity index (χ0v) is 21.8. The number of nitrogens with zero attached hydrogens (tertiary/aromatic N) is 2. The van der Waals surface area contributed by atoms with Crippen LogP contribution in [0.2, 0.25) is 0 Å². The first-order chi connectivity index (χ1) is 16.3. The van der Waals surface area contributed by atoms with E-state index in [1.165, 1.54) is 0 Å². The molecular formula is C22H25IN2O8S. The van der Waals surface area contributed by atoms with Gasteiger partial charge in [0.2, 0.25) is 5.91 Å². The average Bonchev–Trinajstić information content (AvgIpc) is 3.06. The molecule has 2 aliphatic heterocycles. The minimum absolute atomic E-state index is 0.207. The third-order valence-electron chi connectivity index (χ3n) is 4.80. The first-order valence-corrected chi connectivity index (χ1v) is 12.6. The fourth-order valence-electron chi connectivity index (χ4n) is 3.24. The van der Waals surface area contributed by atoms with Gasteiger partial charge in [0.15, 0.2) is 18.1 Å². The van der Waals surface area contributed by atoms with Crippen molar-refractivity contribution in [1.29, 1.82) is 0 Å². The van der Waals surface area contributed by atoms with Crippen LogP contribution in [0.25, 0.3) is 6.08 Å². The molecule has 0 N–H and O–H groups in total. The smallest absolute Gasteiger partial charge is 0.344 e. The van der Waals surface area contributed by atoms with Gasteiger partial charge in [-0.15, -0.1) is 0 Å². The van der Waals surface area contributed by atoms with E-state index in [2.05, 4.69) is 0 Å². The zero-order valence-electron chi connectivity index (χ0n) is 18.8. The molecule has 34 heavy (non-hydrogen) atoms. The molecule has 2 saturated heterocycles. The van der Waals surface area contributed by atoms with Crippen LogP contribution >= 0.6 is 34.4 Å². The van der Waals surface area contributed by atoms with Gasteiger partial charge in [-0.2, -0.15) is 0 Å². The van der Waals surface area contributed by atoms with E-state index >= 15 is 0 Å². The summed E-state index contributed by atoms with van der Waals surface area (Å²) < 4.78 is 22.0. The lowest BCUT2D eigenvalue weighted by molar-refractivity contribution is -0.145. The average molecular weight is 604 g/mol. The summed E-state index contributed by atoms with van der Waals surface area (Å²) in [5.74, 6) is -0.524. The molecule has 0 saturated carbocycles. The van der Waals surface area contributed by atoms with E-state index < -0.39 is 17.1 Å². The molecule has 184 valence electrons. The van der Waals surface area contributed by atoms with Gasteiger partial charge in [-0.05, 0) is 72.0 Å². The van der Waals surface area contributed by atoms with Gasteiger partial charge in [0.1, 0.15) is 6.54 Å². The summed E-state index contributed by atoms with van der Waals surface area (Å²) >= 11 is 2.83. The molecule has 0 aliphatic carbocycles. The van der Waals surface area contributed by atoms with Crippen molar-refractivity contribution in [1.82, 2.24) is 9.80 Å². The van der Waals surface area contributed by atoms with Crippen LogP contribution in [0, 0.1) is 3.57 Å². The summed E-state index contributed by atoms with van der Waals surface area (Å²) in [6.45, 7) is 5.32. The van der Waals surface area contributed by atoms with Gasteiger partial charge in [0.25, 0.3) is 11.1 Å². The van der Waals surface area contributed by atoms with Gasteiger partial charge in [-0.1, -0.05) is 0 Å². The van der Waals surface area contributed by atoms with Gasteiger partial charge < -0.3 is 23.8 Å². The Hall–Kier alpha value is -2.32. The van der Waals surface area contributed by atoms with Gasteiger partial charge in [0, 0.05) is 13.1 Å². The van der Waals surface area contributed by atoms with E-state index in [1.807, 2.05) is 29.5 Å². The van der Waals surface area contributed by atoms with E-state index in [1.54, 1.807) is 30.0 Å². The number of benzene rings is 1. The number of hydrogen-bond donors (Lipinski definition) is 0. The van der Waals surface area contributed by atoms with Crippen LogP contribution in [-0.2, 0) is 23.9 Å². The highest BCUT2D eigenvalue weighted by Gasteiger charge is 2.37. The second-order valence-electron chi connectivity index (χ2n) is 7.12. The van der Waals surface area contributed by atoms with Crippen LogP contribution in [0.5, 0.6) is 11.5 Å². The molecule has 10 nitrogen and oxygen atoms in total. The lowest BCUT2D eigenvalue weighted by atomic mass is 10.2. The van der Waals surface area contributed by atoms with Gasteiger partial charge in [-0.25, -0.2) is 4.79 Å². The van der Waals surface area contributed by atoms with Crippen molar-refractivity contribution in [3.63, 3.8) is 0 Å². The predicted octanol–water partition coefficient (Wildman–Crippen LogP) is 2.53. The van der Waals surface area contributed by atoms with Crippen LogP contribution in [0.3, 0.4) is 0 Å². The van der Waals surface area contributed by atoms with Gasteiger partial charge >= 0.3 is 5.97 Å². The van der Waals surface area contributed by atoms with E-state index in [-0.39, 0.29) is 30.6 Å². The normalized spacial score (nSPS) is 17.3. The molecule has 3 rings (SSSR count). The number of rotatable bonds is 9. The number of carbonyl (C=O) groups is 4. The number of amides is 3. The molecule has 0 unspecified atom stereocenters. The predicted molar refractivity (Wildman–Crippen MR) is 133 cm³/mol. The molecule has 3 amide bonds. The van der Waals surface area contributed by atoms with E-state index in [0.29, 0.717) is 53.5 Å². The number of hydrogen-bond acceptors (Lipinski definition) is 9. The summed E-state index contributed by atoms with van der Waals surface area (Å²) in [6.07, 6.45) is 1.57. The van der Waals surface area contributed by atoms with Crippen LogP contribution < -0.4 is 9.47 Å². The maximum Gasteiger partial charge on any atom is 0.344 e.